The first kappa shape index (κ1) is 10.3. The minimum absolute atomic E-state index is 0.00741. The first-order valence-electron chi connectivity index (χ1n) is 5.84. The fraction of sp³-hybridized carbons (Fsp3) is 0.545. The van der Waals surface area contributed by atoms with E-state index < -0.39 is 0 Å². The summed E-state index contributed by atoms with van der Waals surface area (Å²) in [5.74, 6) is 1.71. The predicted molar refractivity (Wildman–Crippen MR) is 63.0 cm³/mol. The Morgan fingerprint density at radius 2 is 2.29 bits per heavy atom. The second kappa shape index (κ2) is 3.87. The molecule has 1 aliphatic heterocycles. The van der Waals surface area contributed by atoms with Crippen molar-refractivity contribution in [1.82, 2.24) is 9.97 Å². The van der Waals surface area contributed by atoms with E-state index in [4.69, 9.17) is 10.9 Å². The molecule has 2 aliphatic rings. The second-order valence-electron chi connectivity index (χ2n) is 4.73. The summed E-state index contributed by atoms with van der Waals surface area (Å²) in [6.45, 7) is 1.09. The third-order valence-corrected chi connectivity index (χ3v) is 3.71. The zero-order chi connectivity index (χ0) is 11.8. The largest absolute Gasteiger partial charge is 0.409 e. The Kier molecular flexibility index (Phi) is 2.35. The number of amidine groups is 1. The molecule has 0 spiro atoms. The van der Waals surface area contributed by atoms with Crippen molar-refractivity contribution >= 4 is 11.7 Å². The van der Waals surface area contributed by atoms with E-state index in [1.165, 1.54) is 19.3 Å². The van der Waals surface area contributed by atoms with Gasteiger partial charge < -0.3 is 15.8 Å². The summed E-state index contributed by atoms with van der Waals surface area (Å²) in [6.07, 6.45) is 7.14. The summed E-state index contributed by atoms with van der Waals surface area (Å²) < 4.78 is 0. The number of anilines is 1. The van der Waals surface area contributed by atoms with E-state index in [1.807, 2.05) is 0 Å². The van der Waals surface area contributed by atoms with Gasteiger partial charge in [-0.1, -0.05) is 5.16 Å². The van der Waals surface area contributed by atoms with Crippen molar-refractivity contribution in [1.29, 1.82) is 0 Å². The maximum Gasteiger partial charge on any atom is 0.190 e. The molecule has 90 valence electrons. The molecule has 1 aromatic rings. The summed E-state index contributed by atoms with van der Waals surface area (Å²) in [5.41, 5.74) is 5.85. The van der Waals surface area contributed by atoms with Gasteiger partial charge in [-0.3, -0.25) is 0 Å². The van der Waals surface area contributed by atoms with Gasteiger partial charge in [0.15, 0.2) is 5.84 Å². The average molecular weight is 233 g/mol. The lowest BCUT2D eigenvalue weighted by Crippen LogP contribution is -2.32. The Labute approximate surface area is 99.2 Å². The number of oxime groups is 1. The van der Waals surface area contributed by atoms with Crippen molar-refractivity contribution in [3.63, 3.8) is 0 Å². The lowest BCUT2D eigenvalue weighted by atomic mass is 10.1. The number of fused-ring (bicyclic) bond motifs is 2. The van der Waals surface area contributed by atoms with E-state index in [9.17, 15) is 0 Å². The van der Waals surface area contributed by atoms with Gasteiger partial charge in [-0.25, -0.2) is 9.97 Å². The maximum absolute atomic E-state index is 8.54. The molecule has 2 atom stereocenters. The standard InChI is InChI=1S/C11H15N5O/c12-11(15-17)9-4-14-10(5-13-9)16-6-7-1-2-8(16)3-7/h4-5,7-8,17H,1-3,6H2,(H2,12,15). The first-order valence-corrected chi connectivity index (χ1v) is 5.84. The van der Waals surface area contributed by atoms with Crippen LogP contribution in [0.2, 0.25) is 0 Å². The van der Waals surface area contributed by atoms with Gasteiger partial charge in [-0.15, -0.1) is 0 Å². The van der Waals surface area contributed by atoms with Crippen LogP contribution in [0, 0.1) is 5.92 Å². The lowest BCUT2D eigenvalue weighted by molar-refractivity contribution is 0.318. The van der Waals surface area contributed by atoms with Gasteiger partial charge in [-0.05, 0) is 25.2 Å². The molecule has 1 saturated heterocycles. The number of piperidine rings is 1. The molecule has 1 aromatic heterocycles. The fourth-order valence-electron chi connectivity index (χ4n) is 2.86. The molecule has 1 saturated carbocycles. The van der Waals surface area contributed by atoms with Gasteiger partial charge in [0, 0.05) is 12.6 Å². The minimum atomic E-state index is -0.00741. The Morgan fingerprint density at radius 3 is 2.82 bits per heavy atom. The number of nitrogens with two attached hydrogens (primary N) is 1. The van der Waals surface area contributed by atoms with Crippen molar-refractivity contribution in [2.75, 3.05) is 11.4 Å². The summed E-state index contributed by atoms with van der Waals surface area (Å²) in [4.78, 5) is 10.8. The van der Waals surface area contributed by atoms with Crippen molar-refractivity contribution in [2.24, 2.45) is 16.8 Å². The van der Waals surface area contributed by atoms with Crippen LogP contribution in [0.5, 0.6) is 0 Å². The Morgan fingerprint density at radius 1 is 1.41 bits per heavy atom. The van der Waals surface area contributed by atoms with E-state index in [2.05, 4.69) is 20.0 Å². The van der Waals surface area contributed by atoms with Crippen LogP contribution in [-0.2, 0) is 0 Å². The van der Waals surface area contributed by atoms with E-state index in [-0.39, 0.29) is 5.84 Å². The summed E-state index contributed by atoms with van der Waals surface area (Å²) in [5, 5.41) is 11.4. The summed E-state index contributed by atoms with van der Waals surface area (Å²) >= 11 is 0. The number of hydrogen-bond acceptors (Lipinski definition) is 5. The molecular formula is C11H15N5O. The highest BCUT2D eigenvalue weighted by Crippen LogP contribution is 2.39. The van der Waals surface area contributed by atoms with Gasteiger partial charge in [0.05, 0.1) is 12.4 Å². The summed E-state index contributed by atoms with van der Waals surface area (Å²) in [7, 11) is 0. The fourth-order valence-corrected chi connectivity index (χ4v) is 2.86. The molecule has 0 amide bonds. The van der Waals surface area contributed by atoms with Gasteiger partial charge in [0.1, 0.15) is 11.5 Å². The van der Waals surface area contributed by atoms with E-state index in [0.717, 1.165) is 18.3 Å². The van der Waals surface area contributed by atoms with E-state index in [0.29, 0.717) is 11.7 Å². The van der Waals surface area contributed by atoms with E-state index >= 15 is 0 Å². The molecule has 1 aliphatic carbocycles. The number of rotatable bonds is 2. The van der Waals surface area contributed by atoms with Crippen LogP contribution < -0.4 is 10.6 Å². The molecule has 2 fully saturated rings. The molecular weight excluding hydrogens is 218 g/mol. The zero-order valence-corrected chi connectivity index (χ0v) is 9.45. The number of aromatic nitrogens is 2. The van der Waals surface area contributed by atoms with Crippen molar-refractivity contribution in [3.8, 4) is 0 Å². The first-order chi connectivity index (χ1) is 8.28. The number of hydrogen-bond donors (Lipinski definition) is 2. The van der Waals surface area contributed by atoms with Crippen LogP contribution in [0.25, 0.3) is 0 Å². The van der Waals surface area contributed by atoms with Crippen LogP contribution in [0.3, 0.4) is 0 Å². The summed E-state index contributed by atoms with van der Waals surface area (Å²) in [6, 6.07) is 0.629. The van der Waals surface area contributed by atoms with Gasteiger partial charge in [-0.2, -0.15) is 0 Å². The smallest absolute Gasteiger partial charge is 0.190 e. The molecule has 6 nitrogen and oxygen atoms in total. The third-order valence-electron chi connectivity index (χ3n) is 3.71. The minimum Gasteiger partial charge on any atom is -0.409 e. The van der Waals surface area contributed by atoms with Crippen molar-refractivity contribution in [2.45, 2.75) is 25.3 Å². The maximum atomic E-state index is 8.54. The molecule has 2 heterocycles. The van der Waals surface area contributed by atoms with Crippen molar-refractivity contribution in [3.05, 3.63) is 18.1 Å². The lowest BCUT2D eigenvalue weighted by Gasteiger charge is -2.27. The Balaban J connectivity index is 1.81. The molecule has 3 rings (SSSR count). The third kappa shape index (κ3) is 1.69. The quantitative estimate of drug-likeness (QED) is 0.337. The SMILES string of the molecule is NC(=NO)c1cnc(N2CC3CCC2C3)cn1. The predicted octanol–water partition coefficient (Wildman–Crippen LogP) is 0.560. The van der Waals surface area contributed by atoms with Crippen LogP contribution >= 0.6 is 0 Å². The van der Waals surface area contributed by atoms with Crippen LogP contribution in [0.15, 0.2) is 17.5 Å². The van der Waals surface area contributed by atoms with Crippen molar-refractivity contribution < 1.29 is 5.21 Å². The number of nitrogens with zero attached hydrogens (tertiary/aromatic N) is 4. The van der Waals surface area contributed by atoms with Gasteiger partial charge >= 0.3 is 0 Å². The monoisotopic (exact) mass is 233 g/mol. The Bertz CT molecular complexity index is 444. The highest BCUT2D eigenvalue weighted by atomic mass is 16.4. The molecule has 2 unspecified atom stereocenters. The van der Waals surface area contributed by atoms with Crippen LogP contribution in [0.1, 0.15) is 25.0 Å². The average Bonchev–Trinajstić information content (AvgIpc) is 3.00. The van der Waals surface area contributed by atoms with Gasteiger partial charge in [0.2, 0.25) is 0 Å². The zero-order valence-electron chi connectivity index (χ0n) is 9.45. The topological polar surface area (TPSA) is 87.6 Å². The second-order valence-corrected chi connectivity index (χ2v) is 4.73. The highest BCUT2D eigenvalue weighted by Gasteiger charge is 2.38. The molecule has 0 radical (unpaired) electrons. The molecule has 3 N–H and O–H groups in total. The molecule has 6 heteroatoms. The normalized spacial score (nSPS) is 27.8. The van der Waals surface area contributed by atoms with Crippen LogP contribution in [-0.4, -0.2) is 33.6 Å². The highest BCUT2D eigenvalue weighted by molar-refractivity contribution is 5.94. The van der Waals surface area contributed by atoms with E-state index in [1.54, 1.807) is 12.4 Å². The van der Waals surface area contributed by atoms with Crippen LogP contribution in [0.4, 0.5) is 5.82 Å². The molecule has 0 aromatic carbocycles. The Hall–Kier alpha value is -1.85. The van der Waals surface area contributed by atoms with Gasteiger partial charge in [0.25, 0.3) is 0 Å². The molecule has 2 bridgehead atoms. The molecule has 17 heavy (non-hydrogen) atoms.